The Balaban J connectivity index is 2.44. The van der Waals surface area contributed by atoms with Gasteiger partial charge in [-0.3, -0.25) is 9.40 Å². The largest absolute Gasteiger partial charge is 0.276 e. The Bertz CT molecular complexity index is 758. The van der Waals surface area contributed by atoms with Gasteiger partial charge in [-0.2, -0.15) is 10.4 Å². The van der Waals surface area contributed by atoms with Crippen LogP contribution in [0.15, 0.2) is 29.4 Å². The van der Waals surface area contributed by atoms with Crippen LogP contribution in [0.5, 0.6) is 0 Å². The second-order valence-electron chi connectivity index (χ2n) is 3.87. The first-order chi connectivity index (χ1) is 8.94. The first-order valence-electron chi connectivity index (χ1n) is 5.32. The third-order valence-corrected chi connectivity index (χ3v) is 3.82. The Morgan fingerprint density at radius 3 is 2.79 bits per heavy atom. The van der Waals surface area contributed by atoms with Crippen molar-refractivity contribution < 1.29 is 8.42 Å². The fourth-order valence-electron chi connectivity index (χ4n) is 1.59. The van der Waals surface area contributed by atoms with E-state index >= 15 is 0 Å². The van der Waals surface area contributed by atoms with Gasteiger partial charge in [0.15, 0.2) is 5.69 Å². The van der Waals surface area contributed by atoms with Gasteiger partial charge in [0, 0.05) is 19.4 Å². The maximum Gasteiger partial charge on any atom is 0.264 e. The number of pyridine rings is 1. The molecule has 0 spiro atoms. The average Bonchev–Trinajstić information content (AvgIpc) is 2.67. The molecule has 0 bridgehead atoms. The van der Waals surface area contributed by atoms with Crippen LogP contribution in [0.3, 0.4) is 0 Å². The molecule has 7 nitrogen and oxygen atoms in total. The lowest BCUT2D eigenvalue weighted by Crippen LogP contribution is -2.15. The van der Waals surface area contributed by atoms with E-state index in [1.54, 1.807) is 26.2 Å². The van der Waals surface area contributed by atoms with Crippen LogP contribution >= 0.6 is 0 Å². The zero-order chi connectivity index (χ0) is 14.0. The van der Waals surface area contributed by atoms with Crippen LogP contribution in [-0.2, 0) is 17.1 Å². The lowest BCUT2D eigenvalue weighted by Gasteiger charge is -2.07. The Morgan fingerprint density at radius 1 is 1.47 bits per heavy atom. The number of rotatable bonds is 3. The summed E-state index contributed by atoms with van der Waals surface area (Å²) in [5, 5.41) is 12.9. The van der Waals surface area contributed by atoms with E-state index in [0.717, 1.165) is 0 Å². The molecule has 8 heteroatoms. The van der Waals surface area contributed by atoms with Gasteiger partial charge in [0.25, 0.3) is 10.0 Å². The third-order valence-electron chi connectivity index (χ3n) is 2.42. The highest BCUT2D eigenvalue weighted by Gasteiger charge is 2.20. The van der Waals surface area contributed by atoms with Crippen molar-refractivity contribution in [1.29, 1.82) is 5.26 Å². The van der Waals surface area contributed by atoms with Crippen molar-refractivity contribution in [2.24, 2.45) is 7.05 Å². The van der Waals surface area contributed by atoms with Crippen molar-refractivity contribution in [3.05, 3.63) is 35.9 Å². The van der Waals surface area contributed by atoms with Crippen molar-refractivity contribution in [2.75, 3.05) is 4.72 Å². The Kier molecular flexibility index (Phi) is 3.23. The SMILES string of the molecule is Cc1nn(C)cc1NS(=O)(=O)c1cccnc1C#N. The molecule has 0 saturated carbocycles. The smallest absolute Gasteiger partial charge is 0.264 e. The van der Waals surface area contributed by atoms with Crippen LogP contribution in [0.1, 0.15) is 11.4 Å². The second-order valence-corrected chi connectivity index (χ2v) is 5.52. The number of nitrogens with one attached hydrogen (secondary N) is 1. The molecule has 2 heterocycles. The molecule has 0 radical (unpaired) electrons. The molecule has 2 rings (SSSR count). The number of hydrogen-bond donors (Lipinski definition) is 1. The van der Waals surface area contributed by atoms with E-state index in [0.29, 0.717) is 11.4 Å². The lowest BCUT2D eigenvalue weighted by molar-refractivity contribution is 0.600. The van der Waals surface area contributed by atoms with Gasteiger partial charge in [-0.1, -0.05) is 0 Å². The summed E-state index contributed by atoms with van der Waals surface area (Å²) < 4.78 is 28.3. The number of nitriles is 1. The number of hydrogen-bond acceptors (Lipinski definition) is 5. The van der Waals surface area contributed by atoms with Gasteiger partial charge in [-0.15, -0.1) is 0 Å². The monoisotopic (exact) mass is 277 g/mol. The van der Waals surface area contributed by atoms with Gasteiger partial charge in [0.05, 0.1) is 11.4 Å². The molecular weight excluding hydrogens is 266 g/mol. The summed E-state index contributed by atoms with van der Waals surface area (Å²) in [7, 11) is -2.16. The lowest BCUT2D eigenvalue weighted by atomic mass is 10.4. The molecule has 19 heavy (non-hydrogen) atoms. The molecule has 0 aliphatic carbocycles. The maximum absolute atomic E-state index is 12.2. The predicted octanol–water partition coefficient (Wildman–Crippen LogP) is 0.796. The highest BCUT2D eigenvalue weighted by atomic mass is 32.2. The van der Waals surface area contributed by atoms with Crippen LogP contribution < -0.4 is 4.72 Å². The molecule has 0 saturated heterocycles. The molecule has 0 amide bonds. The van der Waals surface area contributed by atoms with E-state index in [1.165, 1.54) is 23.0 Å². The van der Waals surface area contributed by atoms with Crippen LogP contribution in [-0.4, -0.2) is 23.2 Å². The number of nitrogens with zero attached hydrogens (tertiary/aromatic N) is 4. The molecular formula is C11H11N5O2S. The standard InChI is InChI=1S/C11H11N5O2S/c1-8-10(7-16(2)14-8)15-19(17,18)11-4-3-5-13-9(11)6-12/h3-5,7,15H,1-2H3. The van der Waals surface area contributed by atoms with E-state index in [9.17, 15) is 8.42 Å². The van der Waals surface area contributed by atoms with Crippen molar-refractivity contribution in [3.8, 4) is 6.07 Å². The van der Waals surface area contributed by atoms with E-state index in [2.05, 4.69) is 14.8 Å². The first-order valence-corrected chi connectivity index (χ1v) is 6.80. The average molecular weight is 277 g/mol. The summed E-state index contributed by atoms with van der Waals surface area (Å²) in [6.45, 7) is 1.69. The fourth-order valence-corrected chi connectivity index (χ4v) is 2.80. The molecule has 2 aromatic rings. The van der Waals surface area contributed by atoms with Gasteiger partial charge in [-0.05, 0) is 19.1 Å². The highest BCUT2D eigenvalue weighted by molar-refractivity contribution is 7.92. The molecule has 1 N–H and O–H groups in total. The molecule has 0 aliphatic rings. The summed E-state index contributed by atoms with van der Waals surface area (Å²) in [4.78, 5) is 3.58. The number of sulfonamides is 1. The second kappa shape index (κ2) is 4.70. The minimum absolute atomic E-state index is 0.142. The van der Waals surface area contributed by atoms with Crippen LogP contribution in [0, 0.1) is 18.3 Å². The van der Waals surface area contributed by atoms with Gasteiger partial charge in [0.2, 0.25) is 0 Å². The summed E-state index contributed by atoms with van der Waals surface area (Å²) in [5.74, 6) is 0. The summed E-state index contributed by atoms with van der Waals surface area (Å²) in [5.41, 5.74) is 0.778. The van der Waals surface area contributed by atoms with Crippen LogP contribution in [0.25, 0.3) is 0 Å². The zero-order valence-corrected chi connectivity index (χ0v) is 11.1. The number of anilines is 1. The van der Waals surface area contributed by atoms with Crippen LogP contribution in [0.4, 0.5) is 5.69 Å². The minimum Gasteiger partial charge on any atom is -0.276 e. The summed E-state index contributed by atoms with van der Waals surface area (Å²) in [6.07, 6.45) is 2.92. The van der Waals surface area contributed by atoms with E-state index in [4.69, 9.17) is 5.26 Å². The molecule has 98 valence electrons. The van der Waals surface area contributed by atoms with Crippen molar-refractivity contribution in [1.82, 2.24) is 14.8 Å². The molecule has 0 unspecified atom stereocenters. The van der Waals surface area contributed by atoms with Crippen molar-refractivity contribution in [2.45, 2.75) is 11.8 Å². The Labute approximate surface area is 110 Å². The number of aryl methyl sites for hydroxylation is 2. The predicted molar refractivity (Wildman–Crippen MR) is 67.7 cm³/mol. The Morgan fingerprint density at radius 2 is 2.21 bits per heavy atom. The van der Waals surface area contributed by atoms with Crippen molar-refractivity contribution >= 4 is 15.7 Å². The highest BCUT2D eigenvalue weighted by Crippen LogP contribution is 2.19. The molecule has 0 aliphatic heterocycles. The molecule has 0 fully saturated rings. The van der Waals surface area contributed by atoms with Crippen LogP contribution in [0.2, 0.25) is 0 Å². The Hall–Kier alpha value is -2.40. The van der Waals surface area contributed by atoms with E-state index in [1.807, 2.05) is 0 Å². The van der Waals surface area contributed by atoms with Gasteiger partial charge in [-0.25, -0.2) is 13.4 Å². The third kappa shape index (κ3) is 2.56. The van der Waals surface area contributed by atoms with Gasteiger partial charge >= 0.3 is 0 Å². The number of aromatic nitrogens is 3. The molecule has 0 atom stereocenters. The van der Waals surface area contributed by atoms with E-state index < -0.39 is 10.0 Å². The zero-order valence-electron chi connectivity index (χ0n) is 10.3. The topological polar surface area (TPSA) is 101 Å². The minimum atomic E-state index is -3.85. The normalized spacial score (nSPS) is 11.0. The molecule has 0 aromatic carbocycles. The summed E-state index contributed by atoms with van der Waals surface area (Å²) >= 11 is 0. The van der Waals surface area contributed by atoms with Gasteiger partial charge in [0.1, 0.15) is 11.0 Å². The van der Waals surface area contributed by atoms with E-state index in [-0.39, 0.29) is 10.6 Å². The van der Waals surface area contributed by atoms with Gasteiger partial charge < -0.3 is 0 Å². The summed E-state index contributed by atoms with van der Waals surface area (Å²) in [6, 6.07) is 4.55. The quantitative estimate of drug-likeness (QED) is 0.894. The maximum atomic E-state index is 12.2. The first kappa shape index (κ1) is 13.0. The molecule has 2 aromatic heterocycles. The van der Waals surface area contributed by atoms with Crippen molar-refractivity contribution in [3.63, 3.8) is 0 Å². The fraction of sp³-hybridized carbons (Fsp3) is 0.182.